The van der Waals surface area contributed by atoms with Crippen molar-refractivity contribution in [1.29, 1.82) is 0 Å². The normalized spacial score (nSPS) is 21.6. The second-order valence-corrected chi connectivity index (χ2v) is 7.17. The first kappa shape index (κ1) is 12.1. The highest BCUT2D eigenvalue weighted by Crippen LogP contribution is 2.36. The number of rotatable bonds is 2. The molecule has 2 rings (SSSR count). The van der Waals surface area contributed by atoms with Gasteiger partial charge in [0.2, 0.25) is 0 Å². The first-order valence-corrected chi connectivity index (χ1v) is 7.32. The third kappa shape index (κ3) is 2.49. The zero-order valence-electron chi connectivity index (χ0n) is 9.54. The van der Waals surface area contributed by atoms with Crippen molar-refractivity contribution in [2.75, 3.05) is 0 Å². The summed E-state index contributed by atoms with van der Waals surface area (Å²) in [5.41, 5.74) is 0. The van der Waals surface area contributed by atoms with Crippen molar-refractivity contribution in [3.8, 4) is 0 Å². The van der Waals surface area contributed by atoms with Crippen molar-refractivity contribution in [3.05, 3.63) is 29.3 Å². The summed E-state index contributed by atoms with van der Waals surface area (Å²) in [7, 11) is -0.930. The summed E-state index contributed by atoms with van der Waals surface area (Å²) in [6, 6.07) is 7.45. The number of hydrogen-bond donors (Lipinski definition) is 0. The van der Waals surface area contributed by atoms with Gasteiger partial charge in [0, 0.05) is 14.7 Å². The molecule has 0 radical (unpaired) electrons. The van der Waals surface area contributed by atoms with Gasteiger partial charge in [-0.3, -0.25) is 4.21 Å². The Bertz CT molecular complexity index is 397. The Morgan fingerprint density at radius 1 is 1.25 bits per heavy atom. The van der Waals surface area contributed by atoms with Crippen LogP contribution in [0.5, 0.6) is 0 Å². The molecule has 0 N–H and O–H groups in total. The lowest BCUT2D eigenvalue weighted by Crippen LogP contribution is -2.33. The second kappa shape index (κ2) is 4.89. The average molecular weight is 257 g/mol. The average Bonchev–Trinajstić information content (AvgIpc) is 2.29. The van der Waals surface area contributed by atoms with Gasteiger partial charge in [0.05, 0.1) is 10.8 Å². The summed E-state index contributed by atoms with van der Waals surface area (Å²) in [5.74, 6) is 0. The maximum atomic E-state index is 12.5. The van der Waals surface area contributed by atoms with Gasteiger partial charge in [-0.15, -0.1) is 0 Å². The number of benzene rings is 1. The molecule has 88 valence electrons. The third-order valence-electron chi connectivity index (χ3n) is 3.37. The van der Waals surface area contributed by atoms with E-state index in [1.807, 2.05) is 24.3 Å². The van der Waals surface area contributed by atoms with Crippen molar-refractivity contribution in [3.63, 3.8) is 0 Å². The Labute approximate surface area is 105 Å². The van der Waals surface area contributed by atoms with E-state index >= 15 is 0 Å². The van der Waals surface area contributed by atoms with E-state index in [1.54, 1.807) is 0 Å². The molecule has 0 spiro atoms. The van der Waals surface area contributed by atoms with Gasteiger partial charge < -0.3 is 0 Å². The first-order chi connectivity index (χ1) is 7.62. The molecule has 3 heteroatoms. The summed E-state index contributed by atoms with van der Waals surface area (Å²) < 4.78 is 12.5. The van der Waals surface area contributed by atoms with E-state index in [-0.39, 0.29) is 4.75 Å². The summed E-state index contributed by atoms with van der Waals surface area (Å²) in [6.07, 6.45) is 5.80. The lowest BCUT2D eigenvalue weighted by molar-refractivity contribution is 0.410. The second-order valence-electron chi connectivity index (χ2n) is 4.74. The van der Waals surface area contributed by atoms with Gasteiger partial charge in [-0.25, -0.2) is 0 Å². The molecule has 0 bridgehead atoms. The first-order valence-electron chi connectivity index (χ1n) is 5.79. The van der Waals surface area contributed by atoms with E-state index in [0.29, 0.717) is 5.02 Å². The van der Waals surface area contributed by atoms with Gasteiger partial charge in [-0.1, -0.05) is 36.9 Å². The molecule has 1 aliphatic rings. The molecule has 0 heterocycles. The fraction of sp³-hybridized carbons (Fsp3) is 0.538. The van der Waals surface area contributed by atoms with Crippen LogP contribution in [0.3, 0.4) is 0 Å². The van der Waals surface area contributed by atoms with Crippen LogP contribution in [0.2, 0.25) is 5.02 Å². The Morgan fingerprint density at radius 2 is 1.94 bits per heavy atom. The Hall–Kier alpha value is -0.340. The molecule has 0 aromatic heterocycles. The van der Waals surface area contributed by atoms with Gasteiger partial charge in [-0.05, 0) is 38.0 Å². The Kier molecular flexibility index (Phi) is 3.70. The van der Waals surface area contributed by atoms with Crippen LogP contribution in [0, 0.1) is 0 Å². The molecule has 1 aromatic carbocycles. The van der Waals surface area contributed by atoms with Crippen molar-refractivity contribution in [2.24, 2.45) is 0 Å². The van der Waals surface area contributed by atoms with E-state index < -0.39 is 10.8 Å². The Morgan fingerprint density at radius 3 is 2.56 bits per heavy atom. The van der Waals surface area contributed by atoms with Gasteiger partial charge in [-0.2, -0.15) is 0 Å². The van der Waals surface area contributed by atoms with Crippen LogP contribution >= 0.6 is 11.6 Å². The monoisotopic (exact) mass is 256 g/mol. The topological polar surface area (TPSA) is 17.1 Å². The highest BCUT2D eigenvalue weighted by Gasteiger charge is 2.33. The number of halogens is 1. The predicted octanol–water partition coefficient (Wildman–Crippen LogP) is 4.17. The van der Waals surface area contributed by atoms with Crippen LogP contribution in [-0.4, -0.2) is 8.96 Å². The summed E-state index contributed by atoms with van der Waals surface area (Å²) in [6.45, 7) is 2.14. The van der Waals surface area contributed by atoms with Crippen molar-refractivity contribution in [1.82, 2.24) is 0 Å². The molecule has 1 nitrogen and oxygen atoms in total. The van der Waals surface area contributed by atoms with Crippen LogP contribution in [0.4, 0.5) is 0 Å². The van der Waals surface area contributed by atoms with Crippen molar-refractivity contribution < 1.29 is 4.21 Å². The highest BCUT2D eigenvalue weighted by atomic mass is 35.5. The largest absolute Gasteiger partial charge is 0.254 e. The minimum atomic E-state index is -0.930. The summed E-state index contributed by atoms with van der Waals surface area (Å²) in [5, 5.41) is 0.672. The van der Waals surface area contributed by atoms with E-state index in [4.69, 9.17) is 11.6 Å². The summed E-state index contributed by atoms with van der Waals surface area (Å²) >= 11 is 5.94. The van der Waals surface area contributed by atoms with Crippen LogP contribution in [0.15, 0.2) is 29.2 Å². The molecule has 16 heavy (non-hydrogen) atoms. The minimum Gasteiger partial charge on any atom is -0.254 e. The molecule has 1 atom stereocenters. The van der Waals surface area contributed by atoms with E-state index in [9.17, 15) is 4.21 Å². The van der Waals surface area contributed by atoms with E-state index in [2.05, 4.69) is 6.92 Å². The minimum absolute atomic E-state index is 0.0526. The molecule has 0 aliphatic heterocycles. The quantitative estimate of drug-likeness (QED) is 0.776. The van der Waals surface area contributed by atoms with Gasteiger partial charge in [0.15, 0.2) is 0 Å². The molecular weight excluding hydrogens is 240 g/mol. The van der Waals surface area contributed by atoms with Gasteiger partial charge in [0.25, 0.3) is 0 Å². The zero-order chi connectivity index (χ0) is 11.6. The molecule has 1 saturated carbocycles. The van der Waals surface area contributed by atoms with E-state index in [0.717, 1.165) is 17.7 Å². The van der Waals surface area contributed by atoms with Gasteiger partial charge >= 0.3 is 0 Å². The predicted molar refractivity (Wildman–Crippen MR) is 69.4 cm³/mol. The highest BCUT2D eigenvalue weighted by molar-refractivity contribution is 7.86. The lowest BCUT2D eigenvalue weighted by Gasteiger charge is -2.32. The van der Waals surface area contributed by atoms with Crippen LogP contribution in [0.25, 0.3) is 0 Å². The molecule has 1 fully saturated rings. The lowest BCUT2D eigenvalue weighted by atomic mass is 9.90. The fourth-order valence-electron chi connectivity index (χ4n) is 2.35. The zero-order valence-corrected chi connectivity index (χ0v) is 11.1. The SMILES string of the molecule is CC1(S(=O)c2cccc(Cl)c2)CCCCC1. The molecule has 1 unspecified atom stereocenters. The summed E-state index contributed by atoms with van der Waals surface area (Å²) in [4.78, 5) is 0.872. The van der Waals surface area contributed by atoms with Crippen LogP contribution < -0.4 is 0 Å². The maximum absolute atomic E-state index is 12.5. The third-order valence-corrected chi connectivity index (χ3v) is 5.59. The molecule has 0 saturated heterocycles. The van der Waals surface area contributed by atoms with Gasteiger partial charge in [0.1, 0.15) is 0 Å². The van der Waals surface area contributed by atoms with Crippen molar-refractivity contribution >= 4 is 22.4 Å². The number of hydrogen-bond acceptors (Lipinski definition) is 1. The molecule has 1 aromatic rings. The van der Waals surface area contributed by atoms with Crippen LogP contribution in [0.1, 0.15) is 39.0 Å². The molecule has 0 amide bonds. The van der Waals surface area contributed by atoms with Crippen LogP contribution in [-0.2, 0) is 10.8 Å². The smallest absolute Gasteiger partial charge is 0.0589 e. The fourth-order valence-corrected chi connectivity index (χ4v) is 4.27. The van der Waals surface area contributed by atoms with Crippen molar-refractivity contribution in [2.45, 2.75) is 48.7 Å². The maximum Gasteiger partial charge on any atom is 0.0589 e. The van der Waals surface area contributed by atoms with E-state index in [1.165, 1.54) is 19.3 Å². The molecular formula is C13H17ClOS. The standard InChI is InChI=1S/C13H17ClOS/c1-13(8-3-2-4-9-13)16(15)12-7-5-6-11(14)10-12/h5-7,10H,2-4,8-9H2,1H3. The Balaban J connectivity index is 2.24. The molecule has 1 aliphatic carbocycles.